The van der Waals surface area contributed by atoms with Gasteiger partial charge in [-0.25, -0.2) is 4.79 Å². The van der Waals surface area contributed by atoms with Gasteiger partial charge in [0.25, 0.3) is 5.91 Å². The van der Waals surface area contributed by atoms with Gasteiger partial charge in [0.15, 0.2) is 0 Å². The van der Waals surface area contributed by atoms with Crippen LogP contribution in [0.1, 0.15) is 38.8 Å². The Morgan fingerprint density at radius 2 is 1.96 bits per heavy atom. The van der Waals surface area contributed by atoms with Crippen molar-refractivity contribution in [3.8, 4) is 5.75 Å². The lowest BCUT2D eigenvalue weighted by molar-refractivity contribution is -0.126. The van der Waals surface area contributed by atoms with Crippen LogP contribution in [-0.2, 0) is 9.59 Å². The highest BCUT2D eigenvalue weighted by Gasteiger charge is 2.31. The van der Waals surface area contributed by atoms with E-state index in [9.17, 15) is 14.4 Å². The van der Waals surface area contributed by atoms with Crippen LogP contribution in [0, 0.1) is 0 Å². The van der Waals surface area contributed by atoms with Gasteiger partial charge < -0.3 is 15.4 Å². The molecule has 1 aromatic rings. The van der Waals surface area contributed by atoms with Gasteiger partial charge in [0.1, 0.15) is 11.8 Å². The predicted octanol–water partition coefficient (Wildman–Crippen LogP) is 1.25. The summed E-state index contributed by atoms with van der Waals surface area (Å²) < 4.78 is 5.74. The number of hydrogen-bond acceptors (Lipinski definition) is 4. The highest BCUT2D eigenvalue weighted by molar-refractivity contribution is 6.05. The van der Waals surface area contributed by atoms with Crippen LogP contribution < -0.4 is 20.7 Å². The van der Waals surface area contributed by atoms with E-state index in [1.807, 2.05) is 45.0 Å². The molecule has 23 heavy (non-hydrogen) atoms. The van der Waals surface area contributed by atoms with Gasteiger partial charge in [-0.15, -0.1) is 0 Å². The fraction of sp³-hybridized carbons (Fsp3) is 0.438. The minimum absolute atomic E-state index is 0.0245. The molecule has 1 fully saturated rings. The van der Waals surface area contributed by atoms with Crippen molar-refractivity contribution in [2.75, 3.05) is 0 Å². The van der Waals surface area contributed by atoms with Crippen LogP contribution in [0.2, 0.25) is 0 Å². The van der Waals surface area contributed by atoms with Crippen molar-refractivity contribution in [3.63, 3.8) is 0 Å². The molecule has 0 spiro atoms. The Morgan fingerprint density at radius 3 is 2.57 bits per heavy atom. The molecule has 1 heterocycles. The number of imide groups is 1. The highest BCUT2D eigenvalue weighted by atomic mass is 16.5. The Morgan fingerprint density at radius 1 is 1.26 bits per heavy atom. The minimum atomic E-state index is -0.822. The number of amides is 4. The zero-order valence-corrected chi connectivity index (χ0v) is 13.4. The Balaban J connectivity index is 1.99. The molecule has 1 saturated heterocycles. The van der Waals surface area contributed by atoms with Gasteiger partial charge in [-0.2, -0.15) is 0 Å². The molecule has 2 rings (SSSR count). The fourth-order valence-electron chi connectivity index (χ4n) is 2.37. The van der Waals surface area contributed by atoms with Gasteiger partial charge in [-0.1, -0.05) is 18.2 Å². The first kappa shape index (κ1) is 16.8. The van der Waals surface area contributed by atoms with E-state index in [0.717, 1.165) is 5.56 Å². The molecule has 7 heteroatoms. The van der Waals surface area contributed by atoms with Gasteiger partial charge in [0.05, 0.1) is 18.6 Å². The standard InChI is InChI=1S/C16H21N3O4/c1-9(2)23-13-7-5-4-6-11(13)10(3)17-14(20)8-12-15(21)19-16(22)18-12/h4-7,9-10,12H,8H2,1-3H3,(H,17,20)(H2,18,19,21,22)/t10-,12+/m0/s1. The van der Waals surface area contributed by atoms with Crippen molar-refractivity contribution in [2.24, 2.45) is 0 Å². The minimum Gasteiger partial charge on any atom is -0.491 e. The molecule has 0 unspecified atom stereocenters. The lowest BCUT2D eigenvalue weighted by Gasteiger charge is -2.20. The Kier molecular flexibility index (Phi) is 5.20. The summed E-state index contributed by atoms with van der Waals surface area (Å²) in [4.78, 5) is 34.6. The monoisotopic (exact) mass is 319 g/mol. The van der Waals surface area contributed by atoms with E-state index in [1.54, 1.807) is 0 Å². The van der Waals surface area contributed by atoms with E-state index in [0.29, 0.717) is 5.75 Å². The maximum atomic E-state index is 12.1. The summed E-state index contributed by atoms with van der Waals surface area (Å²) in [5.74, 6) is -0.0947. The van der Waals surface area contributed by atoms with E-state index in [-0.39, 0.29) is 24.5 Å². The van der Waals surface area contributed by atoms with Crippen molar-refractivity contribution in [1.29, 1.82) is 0 Å². The third-order valence-electron chi connectivity index (χ3n) is 3.37. The maximum absolute atomic E-state index is 12.1. The number of ether oxygens (including phenoxy) is 1. The molecule has 1 aromatic carbocycles. The Hall–Kier alpha value is -2.57. The predicted molar refractivity (Wildman–Crippen MR) is 83.8 cm³/mol. The molecule has 2 atom stereocenters. The fourth-order valence-corrected chi connectivity index (χ4v) is 2.37. The zero-order valence-electron chi connectivity index (χ0n) is 13.4. The topological polar surface area (TPSA) is 96.5 Å². The van der Waals surface area contributed by atoms with Crippen molar-refractivity contribution < 1.29 is 19.1 Å². The molecular weight excluding hydrogens is 298 g/mol. The molecule has 7 nitrogen and oxygen atoms in total. The second kappa shape index (κ2) is 7.13. The number of urea groups is 1. The third-order valence-corrected chi connectivity index (χ3v) is 3.37. The average Bonchev–Trinajstić information content (AvgIpc) is 2.76. The highest BCUT2D eigenvalue weighted by Crippen LogP contribution is 2.25. The molecule has 0 saturated carbocycles. The molecule has 0 radical (unpaired) electrons. The van der Waals surface area contributed by atoms with Crippen LogP contribution in [0.15, 0.2) is 24.3 Å². The number of nitrogens with one attached hydrogen (secondary N) is 3. The van der Waals surface area contributed by atoms with E-state index < -0.39 is 18.0 Å². The van der Waals surface area contributed by atoms with Crippen LogP contribution in [0.25, 0.3) is 0 Å². The molecule has 1 aliphatic heterocycles. The third kappa shape index (κ3) is 4.45. The molecule has 124 valence electrons. The van der Waals surface area contributed by atoms with Gasteiger partial charge in [-0.3, -0.25) is 14.9 Å². The van der Waals surface area contributed by atoms with E-state index in [2.05, 4.69) is 16.0 Å². The van der Waals surface area contributed by atoms with Crippen molar-refractivity contribution >= 4 is 17.8 Å². The second-order valence-corrected chi connectivity index (χ2v) is 5.71. The quantitative estimate of drug-likeness (QED) is 0.688. The Labute approximate surface area is 134 Å². The summed E-state index contributed by atoms with van der Waals surface area (Å²) in [7, 11) is 0. The number of hydrogen-bond donors (Lipinski definition) is 3. The van der Waals surface area contributed by atoms with E-state index in [4.69, 9.17) is 4.74 Å². The molecule has 3 N–H and O–H groups in total. The van der Waals surface area contributed by atoms with Gasteiger partial charge in [-0.05, 0) is 26.8 Å². The summed E-state index contributed by atoms with van der Waals surface area (Å²) in [5, 5.41) is 7.32. The normalized spacial score (nSPS) is 18.3. The summed E-state index contributed by atoms with van der Waals surface area (Å²) in [6.45, 7) is 5.70. The zero-order chi connectivity index (χ0) is 17.0. The van der Waals surface area contributed by atoms with E-state index in [1.165, 1.54) is 0 Å². The average molecular weight is 319 g/mol. The van der Waals surface area contributed by atoms with Crippen LogP contribution in [0.5, 0.6) is 5.75 Å². The summed E-state index contributed by atoms with van der Waals surface area (Å²) in [6, 6.07) is 5.80. The number of rotatable bonds is 6. The number of carbonyl (C=O) groups excluding carboxylic acids is 3. The smallest absolute Gasteiger partial charge is 0.322 e. The van der Waals surface area contributed by atoms with E-state index >= 15 is 0 Å². The first-order valence-electron chi connectivity index (χ1n) is 7.53. The van der Waals surface area contributed by atoms with Crippen LogP contribution in [0.3, 0.4) is 0 Å². The number of carbonyl (C=O) groups is 3. The first-order valence-corrected chi connectivity index (χ1v) is 7.53. The van der Waals surface area contributed by atoms with Crippen LogP contribution in [-0.4, -0.2) is 30.0 Å². The molecule has 0 aromatic heterocycles. The maximum Gasteiger partial charge on any atom is 0.322 e. The van der Waals surface area contributed by atoms with Gasteiger partial charge >= 0.3 is 6.03 Å². The summed E-state index contributed by atoms with van der Waals surface area (Å²) in [6.07, 6.45) is -0.0776. The lowest BCUT2D eigenvalue weighted by Crippen LogP contribution is -2.37. The first-order chi connectivity index (χ1) is 10.9. The summed E-state index contributed by atoms with van der Waals surface area (Å²) in [5.41, 5.74) is 0.856. The largest absolute Gasteiger partial charge is 0.491 e. The molecular formula is C16H21N3O4. The molecule has 0 bridgehead atoms. The second-order valence-electron chi connectivity index (χ2n) is 5.71. The van der Waals surface area contributed by atoms with Crippen molar-refractivity contribution in [2.45, 2.75) is 45.4 Å². The molecule has 4 amide bonds. The van der Waals surface area contributed by atoms with Gasteiger partial charge in [0, 0.05) is 5.56 Å². The number of para-hydroxylation sites is 1. The number of benzene rings is 1. The lowest BCUT2D eigenvalue weighted by atomic mass is 10.1. The summed E-state index contributed by atoms with van der Waals surface area (Å²) >= 11 is 0. The SMILES string of the molecule is CC(C)Oc1ccccc1[C@H](C)NC(=O)C[C@H]1NC(=O)NC1=O. The molecule has 0 aliphatic carbocycles. The Bertz CT molecular complexity index is 615. The van der Waals surface area contributed by atoms with Crippen LogP contribution >= 0.6 is 0 Å². The molecule has 1 aliphatic rings. The van der Waals surface area contributed by atoms with Gasteiger partial charge in [0.2, 0.25) is 5.91 Å². The van der Waals surface area contributed by atoms with Crippen molar-refractivity contribution in [1.82, 2.24) is 16.0 Å². The van der Waals surface area contributed by atoms with Crippen LogP contribution in [0.4, 0.5) is 4.79 Å². The van der Waals surface area contributed by atoms with Crippen molar-refractivity contribution in [3.05, 3.63) is 29.8 Å².